The lowest BCUT2D eigenvalue weighted by Crippen LogP contribution is -2.52. The Balaban J connectivity index is 1.53. The average Bonchev–Trinajstić information content (AvgIpc) is 3.30. The maximum Gasteiger partial charge on any atom is 0.205 e. The molecule has 1 aliphatic carbocycles. The van der Waals surface area contributed by atoms with E-state index < -0.39 is 0 Å². The summed E-state index contributed by atoms with van der Waals surface area (Å²) in [6, 6.07) is 0. The van der Waals surface area contributed by atoms with Crippen LogP contribution >= 0.6 is 11.5 Å². The van der Waals surface area contributed by atoms with Crippen molar-refractivity contribution in [3.63, 3.8) is 0 Å². The number of anilines is 1. The monoisotopic (exact) mass is 394 g/mol. The summed E-state index contributed by atoms with van der Waals surface area (Å²) in [5, 5.41) is 4.55. The Morgan fingerprint density at radius 2 is 2.00 bits per heavy atom. The predicted octanol–water partition coefficient (Wildman–Crippen LogP) is 2.39. The van der Waals surface area contributed by atoms with Crippen LogP contribution in [0.4, 0.5) is 5.13 Å². The lowest BCUT2D eigenvalue weighted by atomic mass is 10.0. The third-order valence-corrected chi connectivity index (χ3v) is 6.28. The van der Waals surface area contributed by atoms with Gasteiger partial charge in [-0.25, -0.2) is 4.98 Å². The lowest BCUT2D eigenvalue weighted by Gasteiger charge is -2.36. The SMILES string of the molecule is CCNC(=NCC1(CCOCC)CC1)N1CCN(c2nc(CC)ns2)CC1. The van der Waals surface area contributed by atoms with Crippen molar-refractivity contribution >= 4 is 22.6 Å². The topological polar surface area (TPSA) is 65.9 Å². The highest BCUT2D eigenvalue weighted by Crippen LogP contribution is 2.49. The Hall–Kier alpha value is -1.41. The highest BCUT2D eigenvalue weighted by atomic mass is 32.1. The summed E-state index contributed by atoms with van der Waals surface area (Å²) in [4.78, 5) is 14.4. The first kappa shape index (κ1) is 20.3. The van der Waals surface area contributed by atoms with Gasteiger partial charge >= 0.3 is 0 Å². The van der Waals surface area contributed by atoms with Gasteiger partial charge in [-0.2, -0.15) is 4.37 Å². The summed E-state index contributed by atoms with van der Waals surface area (Å²) < 4.78 is 9.97. The van der Waals surface area contributed by atoms with E-state index in [4.69, 9.17) is 9.73 Å². The number of nitrogens with zero attached hydrogens (tertiary/aromatic N) is 5. The van der Waals surface area contributed by atoms with Gasteiger partial charge in [0.15, 0.2) is 5.96 Å². The van der Waals surface area contributed by atoms with Gasteiger partial charge in [0.1, 0.15) is 5.82 Å². The molecule has 27 heavy (non-hydrogen) atoms. The molecule has 8 heteroatoms. The lowest BCUT2D eigenvalue weighted by molar-refractivity contribution is 0.129. The summed E-state index contributed by atoms with van der Waals surface area (Å²) in [6.45, 7) is 13.7. The van der Waals surface area contributed by atoms with Crippen molar-refractivity contribution in [1.82, 2.24) is 19.6 Å². The number of nitrogens with one attached hydrogen (secondary N) is 1. The Labute approximate surface area is 167 Å². The summed E-state index contributed by atoms with van der Waals surface area (Å²) >= 11 is 1.52. The van der Waals surface area contributed by atoms with E-state index in [1.54, 1.807) is 0 Å². The number of hydrogen-bond acceptors (Lipinski definition) is 6. The first-order valence-electron chi connectivity index (χ1n) is 10.4. The van der Waals surface area contributed by atoms with Gasteiger partial charge in [-0.1, -0.05) is 6.92 Å². The molecule has 0 spiro atoms. The molecule has 0 radical (unpaired) electrons. The van der Waals surface area contributed by atoms with E-state index in [1.807, 2.05) is 0 Å². The molecule has 0 amide bonds. The second-order valence-electron chi connectivity index (χ2n) is 7.44. The zero-order valence-electron chi connectivity index (χ0n) is 17.0. The molecule has 0 aromatic carbocycles. The molecule has 7 nitrogen and oxygen atoms in total. The molecular weight excluding hydrogens is 360 g/mol. The molecule has 1 aromatic heterocycles. The highest BCUT2D eigenvalue weighted by Gasteiger charge is 2.42. The van der Waals surface area contributed by atoms with Crippen molar-refractivity contribution < 1.29 is 4.74 Å². The zero-order chi connectivity index (χ0) is 19.1. The van der Waals surface area contributed by atoms with Crippen molar-refractivity contribution in [2.45, 2.75) is 46.5 Å². The molecular formula is C19H34N6OS. The Kier molecular flexibility index (Phi) is 7.29. The largest absolute Gasteiger partial charge is 0.382 e. The van der Waals surface area contributed by atoms with Crippen molar-refractivity contribution in [2.24, 2.45) is 10.4 Å². The molecule has 1 aliphatic heterocycles. The van der Waals surface area contributed by atoms with E-state index in [0.29, 0.717) is 5.41 Å². The second-order valence-corrected chi connectivity index (χ2v) is 8.17. The van der Waals surface area contributed by atoms with E-state index in [-0.39, 0.29) is 0 Å². The molecule has 1 N–H and O–H groups in total. The molecule has 1 saturated carbocycles. The van der Waals surface area contributed by atoms with Crippen molar-refractivity contribution in [2.75, 3.05) is 57.4 Å². The Bertz CT molecular complexity index is 607. The van der Waals surface area contributed by atoms with Crippen LogP contribution in [0.1, 0.15) is 45.9 Å². The zero-order valence-corrected chi connectivity index (χ0v) is 17.9. The standard InChI is InChI=1S/C19H34N6OS/c1-4-16-22-18(27-23-16)25-12-10-24(11-13-25)17(20-5-2)21-15-19(7-8-19)9-14-26-6-3/h4-15H2,1-3H3,(H,20,21). The van der Waals surface area contributed by atoms with Gasteiger partial charge in [-0.3, -0.25) is 4.99 Å². The van der Waals surface area contributed by atoms with Crippen LogP contribution in [-0.2, 0) is 11.2 Å². The van der Waals surface area contributed by atoms with Crippen LogP contribution in [-0.4, -0.2) is 72.7 Å². The number of aliphatic imine (C=N–C) groups is 1. The summed E-state index contributed by atoms with van der Waals surface area (Å²) in [6.07, 6.45) is 4.61. The molecule has 0 unspecified atom stereocenters. The minimum Gasteiger partial charge on any atom is -0.382 e. The molecule has 2 aliphatic rings. The van der Waals surface area contributed by atoms with Crippen LogP contribution < -0.4 is 10.2 Å². The van der Waals surface area contributed by atoms with Crippen LogP contribution in [0.5, 0.6) is 0 Å². The van der Waals surface area contributed by atoms with Crippen molar-refractivity contribution in [3.8, 4) is 0 Å². The quantitative estimate of drug-likeness (QED) is 0.394. The van der Waals surface area contributed by atoms with Gasteiger partial charge in [-0.15, -0.1) is 0 Å². The number of piperazine rings is 1. The molecule has 2 fully saturated rings. The van der Waals surface area contributed by atoms with Crippen LogP contribution in [0.15, 0.2) is 4.99 Å². The fourth-order valence-corrected chi connectivity index (χ4v) is 4.19. The minimum absolute atomic E-state index is 0.390. The molecule has 0 atom stereocenters. The summed E-state index contributed by atoms with van der Waals surface area (Å²) in [5.74, 6) is 2.01. The molecule has 1 saturated heterocycles. The van der Waals surface area contributed by atoms with Gasteiger partial charge in [0.2, 0.25) is 5.13 Å². The first-order valence-corrected chi connectivity index (χ1v) is 11.2. The maximum atomic E-state index is 5.55. The number of rotatable bonds is 9. The highest BCUT2D eigenvalue weighted by molar-refractivity contribution is 7.09. The summed E-state index contributed by atoms with van der Waals surface area (Å²) in [7, 11) is 0. The van der Waals surface area contributed by atoms with Crippen molar-refractivity contribution in [3.05, 3.63) is 5.82 Å². The van der Waals surface area contributed by atoms with E-state index >= 15 is 0 Å². The van der Waals surface area contributed by atoms with Gasteiger partial charge in [0.25, 0.3) is 0 Å². The average molecular weight is 395 g/mol. The van der Waals surface area contributed by atoms with E-state index in [2.05, 4.69) is 45.2 Å². The molecule has 3 rings (SSSR count). The molecule has 152 valence electrons. The fourth-order valence-electron chi connectivity index (χ4n) is 3.39. The first-order chi connectivity index (χ1) is 13.2. The number of aryl methyl sites for hydroxylation is 1. The van der Waals surface area contributed by atoms with Crippen molar-refractivity contribution in [1.29, 1.82) is 0 Å². The normalized spacial score (nSPS) is 19.4. The second kappa shape index (κ2) is 9.68. The van der Waals surface area contributed by atoms with Crippen LogP contribution in [0.2, 0.25) is 0 Å². The van der Waals surface area contributed by atoms with Gasteiger partial charge in [0, 0.05) is 70.4 Å². The van der Waals surface area contributed by atoms with Crippen LogP contribution in [0.3, 0.4) is 0 Å². The van der Waals surface area contributed by atoms with Gasteiger partial charge in [-0.05, 0) is 38.5 Å². The summed E-state index contributed by atoms with van der Waals surface area (Å²) in [5.41, 5.74) is 0.390. The third kappa shape index (κ3) is 5.54. The Morgan fingerprint density at radius 3 is 2.59 bits per heavy atom. The number of aromatic nitrogens is 2. The van der Waals surface area contributed by atoms with Gasteiger partial charge in [0.05, 0.1) is 0 Å². The predicted molar refractivity (Wildman–Crippen MR) is 112 cm³/mol. The Morgan fingerprint density at radius 1 is 1.22 bits per heavy atom. The van der Waals surface area contributed by atoms with Gasteiger partial charge < -0.3 is 19.9 Å². The fraction of sp³-hybridized carbons (Fsp3) is 0.842. The number of ether oxygens (including phenoxy) is 1. The van der Waals surface area contributed by atoms with Crippen LogP contribution in [0.25, 0.3) is 0 Å². The van der Waals surface area contributed by atoms with E-state index in [0.717, 1.165) is 82.2 Å². The van der Waals surface area contributed by atoms with Crippen LogP contribution in [0, 0.1) is 5.41 Å². The van der Waals surface area contributed by atoms with E-state index in [1.165, 1.54) is 24.4 Å². The minimum atomic E-state index is 0.390. The smallest absolute Gasteiger partial charge is 0.205 e. The molecule has 0 bridgehead atoms. The number of hydrogen-bond donors (Lipinski definition) is 1. The number of guanidine groups is 1. The molecule has 2 heterocycles. The molecule has 1 aromatic rings. The maximum absolute atomic E-state index is 5.55. The third-order valence-electron chi connectivity index (χ3n) is 5.46. The van der Waals surface area contributed by atoms with E-state index in [9.17, 15) is 0 Å².